The highest BCUT2D eigenvalue weighted by Crippen LogP contribution is 1.90. The van der Waals surface area contributed by atoms with Crippen molar-refractivity contribution in [3.05, 3.63) is 0 Å². The number of amides is 2. The molecular weight excluding hydrogens is 118 g/mol. The van der Waals surface area contributed by atoms with Crippen LogP contribution in [0.1, 0.15) is 0 Å². The molecule has 0 aromatic carbocycles. The summed E-state index contributed by atoms with van der Waals surface area (Å²) in [4.78, 5) is 11.9. The standard InChI is InChI=1S/C5H10N3O/c6-5(9)8-3-1-7-2-4-8/h6-7H,1-4H2. The number of urea groups is 1. The van der Waals surface area contributed by atoms with Crippen molar-refractivity contribution in [2.24, 2.45) is 0 Å². The van der Waals surface area contributed by atoms with E-state index >= 15 is 0 Å². The molecule has 1 aliphatic heterocycles. The van der Waals surface area contributed by atoms with Crippen molar-refractivity contribution in [2.45, 2.75) is 0 Å². The van der Waals surface area contributed by atoms with Crippen LogP contribution >= 0.6 is 0 Å². The first-order valence-corrected chi connectivity index (χ1v) is 3.02. The first-order valence-electron chi connectivity index (χ1n) is 3.02. The van der Waals surface area contributed by atoms with Crippen molar-refractivity contribution in [2.75, 3.05) is 26.2 Å². The fourth-order valence-electron chi connectivity index (χ4n) is 0.868. The van der Waals surface area contributed by atoms with Gasteiger partial charge in [-0.2, -0.15) is 0 Å². The minimum Gasteiger partial charge on any atom is -0.321 e. The molecule has 1 saturated heterocycles. The van der Waals surface area contributed by atoms with Crippen molar-refractivity contribution in [1.29, 1.82) is 0 Å². The lowest BCUT2D eigenvalue weighted by molar-refractivity contribution is 0.198. The van der Waals surface area contributed by atoms with E-state index in [0.717, 1.165) is 13.1 Å². The molecule has 0 aliphatic carbocycles. The Morgan fingerprint density at radius 1 is 1.44 bits per heavy atom. The second-order valence-electron chi connectivity index (χ2n) is 2.04. The van der Waals surface area contributed by atoms with Gasteiger partial charge in [0.05, 0.1) is 0 Å². The molecule has 1 fully saturated rings. The SMILES string of the molecule is [NH]C(=O)N1CCNCC1. The van der Waals surface area contributed by atoms with Crippen LogP contribution < -0.4 is 11.1 Å². The maximum atomic E-state index is 10.4. The summed E-state index contributed by atoms with van der Waals surface area (Å²) in [5, 5.41) is 3.09. The summed E-state index contributed by atoms with van der Waals surface area (Å²) < 4.78 is 0. The summed E-state index contributed by atoms with van der Waals surface area (Å²) in [6.45, 7) is 3.01. The highest BCUT2D eigenvalue weighted by atomic mass is 16.2. The molecular formula is C5H10N3O. The van der Waals surface area contributed by atoms with E-state index in [0.29, 0.717) is 13.1 Å². The summed E-state index contributed by atoms with van der Waals surface area (Å²) in [5.74, 6) is 0. The molecule has 4 nitrogen and oxygen atoms in total. The van der Waals surface area contributed by atoms with E-state index in [-0.39, 0.29) is 0 Å². The van der Waals surface area contributed by atoms with Gasteiger partial charge < -0.3 is 10.2 Å². The average molecular weight is 128 g/mol. The van der Waals surface area contributed by atoms with Crippen LogP contribution in [0.25, 0.3) is 0 Å². The Morgan fingerprint density at radius 2 is 2.00 bits per heavy atom. The van der Waals surface area contributed by atoms with Crippen LogP contribution in [0.15, 0.2) is 0 Å². The minimum absolute atomic E-state index is 0.559. The van der Waals surface area contributed by atoms with Crippen molar-refractivity contribution >= 4 is 6.03 Å². The maximum absolute atomic E-state index is 10.4. The molecule has 0 saturated carbocycles. The van der Waals surface area contributed by atoms with Crippen LogP contribution in [0.2, 0.25) is 0 Å². The van der Waals surface area contributed by atoms with Crippen molar-refractivity contribution in [3.8, 4) is 0 Å². The number of hydrogen-bond acceptors (Lipinski definition) is 2. The van der Waals surface area contributed by atoms with Gasteiger partial charge in [0.25, 0.3) is 0 Å². The molecule has 1 radical (unpaired) electrons. The normalized spacial score (nSPS) is 19.8. The second kappa shape index (κ2) is 2.68. The second-order valence-corrected chi connectivity index (χ2v) is 2.04. The van der Waals surface area contributed by atoms with Gasteiger partial charge in [-0.25, -0.2) is 10.5 Å². The Kier molecular flexibility index (Phi) is 1.89. The largest absolute Gasteiger partial charge is 0.336 e. The van der Waals surface area contributed by atoms with E-state index in [1.807, 2.05) is 0 Å². The van der Waals surface area contributed by atoms with Crippen molar-refractivity contribution in [3.63, 3.8) is 0 Å². The smallest absolute Gasteiger partial charge is 0.321 e. The number of carbonyl (C=O) groups excluding carboxylic acids is 1. The highest BCUT2D eigenvalue weighted by Gasteiger charge is 2.11. The van der Waals surface area contributed by atoms with Gasteiger partial charge in [-0.05, 0) is 0 Å². The molecule has 1 heterocycles. The van der Waals surface area contributed by atoms with Crippen LogP contribution in [-0.4, -0.2) is 37.1 Å². The molecule has 0 atom stereocenters. The third kappa shape index (κ3) is 1.57. The Labute approximate surface area is 54.0 Å². The average Bonchev–Trinajstić information content (AvgIpc) is 1.90. The van der Waals surface area contributed by atoms with Crippen LogP contribution in [0.5, 0.6) is 0 Å². The number of piperazine rings is 1. The van der Waals surface area contributed by atoms with Gasteiger partial charge >= 0.3 is 6.03 Å². The van der Waals surface area contributed by atoms with E-state index in [2.05, 4.69) is 5.32 Å². The van der Waals surface area contributed by atoms with Gasteiger partial charge in [0.2, 0.25) is 0 Å². The molecule has 0 aromatic rings. The van der Waals surface area contributed by atoms with Gasteiger partial charge in [-0.15, -0.1) is 0 Å². The van der Waals surface area contributed by atoms with Gasteiger partial charge in [-0.3, -0.25) is 0 Å². The van der Waals surface area contributed by atoms with Crippen LogP contribution in [-0.2, 0) is 0 Å². The molecule has 4 heteroatoms. The number of nitrogens with zero attached hydrogens (tertiary/aromatic N) is 1. The quantitative estimate of drug-likeness (QED) is 0.468. The fourth-order valence-corrected chi connectivity index (χ4v) is 0.868. The molecule has 1 aliphatic rings. The summed E-state index contributed by atoms with van der Waals surface area (Å²) in [5.41, 5.74) is 6.73. The molecule has 2 amide bonds. The summed E-state index contributed by atoms with van der Waals surface area (Å²) in [7, 11) is 0. The number of rotatable bonds is 0. The monoisotopic (exact) mass is 128 g/mol. The third-order valence-electron chi connectivity index (χ3n) is 1.40. The lowest BCUT2D eigenvalue weighted by Crippen LogP contribution is -2.46. The fraction of sp³-hybridized carbons (Fsp3) is 0.800. The summed E-state index contributed by atoms with van der Waals surface area (Å²) in [6, 6.07) is -0.559. The molecule has 0 spiro atoms. The summed E-state index contributed by atoms with van der Waals surface area (Å²) in [6.07, 6.45) is 0. The molecule has 0 aromatic heterocycles. The first-order chi connectivity index (χ1) is 4.30. The maximum Gasteiger partial charge on any atom is 0.336 e. The molecule has 51 valence electrons. The van der Waals surface area contributed by atoms with Gasteiger partial charge in [0.1, 0.15) is 0 Å². The third-order valence-corrected chi connectivity index (χ3v) is 1.40. The number of nitrogens with one attached hydrogen (secondary N) is 2. The first kappa shape index (κ1) is 6.35. The van der Waals surface area contributed by atoms with Crippen LogP contribution in [0.4, 0.5) is 4.79 Å². The summed E-state index contributed by atoms with van der Waals surface area (Å²) >= 11 is 0. The van der Waals surface area contributed by atoms with E-state index in [9.17, 15) is 4.79 Å². The zero-order chi connectivity index (χ0) is 6.69. The van der Waals surface area contributed by atoms with Gasteiger partial charge in [0, 0.05) is 26.2 Å². The van der Waals surface area contributed by atoms with Crippen LogP contribution in [0, 0.1) is 0 Å². The predicted molar refractivity (Wildman–Crippen MR) is 32.9 cm³/mol. The van der Waals surface area contributed by atoms with Crippen molar-refractivity contribution < 1.29 is 4.79 Å². The van der Waals surface area contributed by atoms with E-state index in [1.165, 1.54) is 4.90 Å². The number of carbonyl (C=O) groups is 1. The number of hydrogen-bond donors (Lipinski definition) is 1. The van der Waals surface area contributed by atoms with E-state index < -0.39 is 6.03 Å². The Balaban J connectivity index is 2.31. The molecule has 1 rings (SSSR count). The predicted octanol–water partition coefficient (Wildman–Crippen LogP) is -0.706. The van der Waals surface area contributed by atoms with Gasteiger partial charge in [-0.1, -0.05) is 0 Å². The van der Waals surface area contributed by atoms with Crippen LogP contribution in [0.3, 0.4) is 0 Å². The van der Waals surface area contributed by atoms with Gasteiger partial charge in [0.15, 0.2) is 0 Å². The van der Waals surface area contributed by atoms with E-state index in [1.54, 1.807) is 0 Å². The Morgan fingerprint density at radius 3 is 2.33 bits per heavy atom. The topological polar surface area (TPSA) is 56.1 Å². The Hall–Kier alpha value is -0.770. The lowest BCUT2D eigenvalue weighted by atomic mass is 10.4. The molecule has 0 unspecified atom stereocenters. The molecule has 0 bridgehead atoms. The van der Waals surface area contributed by atoms with E-state index in [4.69, 9.17) is 5.73 Å². The van der Waals surface area contributed by atoms with Crippen molar-refractivity contribution in [1.82, 2.24) is 16.0 Å². The zero-order valence-electron chi connectivity index (χ0n) is 5.18. The lowest BCUT2D eigenvalue weighted by Gasteiger charge is -2.24. The zero-order valence-corrected chi connectivity index (χ0v) is 5.18. The molecule has 2 N–H and O–H groups in total. The molecule has 9 heavy (non-hydrogen) atoms. The minimum atomic E-state index is -0.559. The Bertz CT molecular complexity index is 109. The highest BCUT2D eigenvalue weighted by molar-refractivity contribution is 5.71.